The van der Waals surface area contributed by atoms with Gasteiger partial charge in [-0.2, -0.15) is 0 Å². The summed E-state index contributed by atoms with van der Waals surface area (Å²) in [5, 5.41) is 10.2. The third kappa shape index (κ3) is 4.43. The van der Waals surface area contributed by atoms with Crippen LogP contribution >= 0.6 is 0 Å². The van der Waals surface area contributed by atoms with Gasteiger partial charge in [0.1, 0.15) is 0 Å². The fourth-order valence-corrected chi connectivity index (χ4v) is 3.31. The Bertz CT molecular complexity index is 872. The van der Waals surface area contributed by atoms with Gasteiger partial charge in [0.15, 0.2) is 23.1 Å². The number of hydrogen-bond acceptors (Lipinski definition) is 6. The van der Waals surface area contributed by atoms with Crippen LogP contribution in [-0.4, -0.2) is 41.4 Å². The van der Waals surface area contributed by atoms with Gasteiger partial charge in [-0.1, -0.05) is 6.07 Å². The lowest BCUT2D eigenvalue weighted by Gasteiger charge is -2.15. The molecule has 7 nitrogen and oxygen atoms in total. The van der Waals surface area contributed by atoms with Crippen LogP contribution in [0.5, 0.6) is 17.2 Å². The van der Waals surface area contributed by atoms with Crippen molar-refractivity contribution in [2.45, 2.75) is 11.0 Å². The van der Waals surface area contributed by atoms with Crippen molar-refractivity contribution in [1.82, 2.24) is 4.72 Å². The summed E-state index contributed by atoms with van der Waals surface area (Å²) in [4.78, 5) is -0.268. The van der Waals surface area contributed by atoms with E-state index < -0.39 is 21.9 Å². The fraction of sp³-hybridized carbons (Fsp3) is 0.294. The third-order valence-electron chi connectivity index (χ3n) is 3.69. The topological polar surface area (TPSA) is 94.1 Å². The summed E-state index contributed by atoms with van der Waals surface area (Å²) >= 11 is 0. The number of halogens is 1. The molecule has 2 rings (SSSR count). The highest BCUT2D eigenvalue weighted by Crippen LogP contribution is 2.30. The van der Waals surface area contributed by atoms with E-state index in [0.29, 0.717) is 17.1 Å². The second kappa shape index (κ2) is 8.35. The predicted molar refractivity (Wildman–Crippen MR) is 92.6 cm³/mol. The lowest BCUT2D eigenvalue weighted by atomic mass is 10.1. The Morgan fingerprint density at radius 2 is 1.62 bits per heavy atom. The molecule has 2 aromatic carbocycles. The number of benzene rings is 2. The van der Waals surface area contributed by atoms with Crippen molar-refractivity contribution in [3.05, 3.63) is 47.8 Å². The minimum absolute atomic E-state index is 0.0608. The smallest absolute Gasteiger partial charge is 0.240 e. The molecular formula is C17H20FNO6S. The summed E-state index contributed by atoms with van der Waals surface area (Å²) in [6, 6.07) is 8.02. The van der Waals surface area contributed by atoms with Crippen molar-refractivity contribution in [2.75, 3.05) is 27.9 Å². The Morgan fingerprint density at radius 1 is 1.00 bits per heavy atom. The maximum absolute atomic E-state index is 13.7. The van der Waals surface area contributed by atoms with Gasteiger partial charge >= 0.3 is 0 Å². The number of aliphatic hydroxyl groups excluding tert-OH is 1. The van der Waals surface area contributed by atoms with Gasteiger partial charge in [0.05, 0.1) is 32.3 Å². The Morgan fingerprint density at radius 3 is 2.19 bits per heavy atom. The summed E-state index contributed by atoms with van der Waals surface area (Å²) in [7, 11) is 0.217. The largest absolute Gasteiger partial charge is 0.494 e. The Balaban J connectivity index is 2.13. The lowest BCUT2D eigenvalue weighted by molar-refractivity contribution is 0.181. The monoisotopic (exact) mass is 385 g/mol. The van der Waals surface area contributed by atoms with Crippen LogP contribution in [0.1, 0.15) is 11.7 Å². The SMILES string of the molecule is COc1ccc(S(=O)(=O)NC[C@@H](O)c2ccc(OC)c(OC)c2)cc1F. The van der Waals surface area contributed by atoms with E-state index in [1.807, 2.05) is 0 Å². The Labute approximate surface area is 151 Å². The first-order valence-electron chi connectivity index (χ1n) is 7.55. The molecular weight excluding hydrogens is 365 g/mol. The second-order valence-corrected chi connectivity index (χ2v) is 7.05. The van der Waals surface area contributed by atoms with Crippen LogP contribution in [0.3, 0.4) is 0 Å². The highest BCUT2D eigenvalue weighted by atomic mass is 32.2. The van der Waals surface area contributed by atoms with Crippen LogP contribution in [0.25, 0.3) is 0 Å². The number of methoxy groups -OCH3 is 3. The first-order valence-corrected chi connectivity index (χ1v) is 9.04. The van der Waals surface area contributed by atoms with Crippen LogP contribution in [-0.2, 0) is 10.0 Å². The number of ether oxygens (including phenoxy) is 3. The van der Waals surface area contributed by atoms with E-state index >= 15 is 0 Å². The van der Waals surface area contributed by atoms with Gasteiger partial charge in [-0.05, 0) is 35.9 Å². The fourth-order valence-electron chi connectivity index (χ4n) is 2.26. The van der Waals surface area contributed by atoms with E-state index in [1.54, 1.807) is 18.2 Å². The predicted octanol–water partition coefficient (Wildman–Crippen LogP) is 1.86. The molecule has 0 amide bonds. The average Bonchev–Trinajstić information content (AvgIpc) is 2.65. The number of sulfonamides is 1. The van der Waals surface area contributed by atoms with Gasteiger partial charge in [0, 0.05) is 6.54 Å². The Hall–Kier alpha value is -2.36. The zero-order valence-electron chi connectivity index (χ0n) is 14.5. The highest BCUT2D eigenvalue weighted by Gasteiger charge is 2.19. The van der Waals surface area contributed by atoms with Gasteiger partial charge in [-0.15, -0.1) is 0 Å². The third-order valence-corrected chi connectivity index (χ3v) is 5.11. The van der Waals surface area contributed by atoms with Gasteiger partial charge in [-0.3, -0.25) is 0 Å². The molecule has 0 aliphatic rings. The molecule has 0 radical (unpaired) electrons. The minimum atomic E-state index is -4.00. The molecule has 2 N–H and O–H groups in total. The molecule has 0 bridgehead atoms. The van der Waals surface area contributed by atoms with Crippen molar-refractivity contribution in [1.29, 1.82) is 0 Å². The summed E-state index contributed by atoms with van der Waals surface area (Å²) in [6.45, 7) is -0.300. The van der Waals surface area contributed by atoms with Crippen LogP contribution < -0.4 is 18.9 Å². The van der Waals surface area contributed by atoms with E-state index in [-0.39, 0.29) is 17.2 Å². The van der Waals surface area contributed by atoms with Gasteiger partial charge in [-0.25, -0.2) is 17.5 Å². The zero-order chi connectivity index (χ0) is 19.3. The molecule has 0 saturated carbocycles. The van der Waals surface area contributed by atoms with Crippen molar-refractivity contribution < 1.29 is 32.1 Å². The minimum Gasteiger partial charge on any atom is -0.494 e. The quantitative estimate of drug-likeness (QED) is 0.720. The molecule has 0 aliphatic heterocycles. The molecule has 2 aromatic rings. The number of hydrogen-bond donors (Lipinski definition) is 2. The standard InChI is InChI=1S/C17H20FNO6S/c1-23-15-7-5-12(9-13(15)18)26(21,22)19-10-14(20)11-4-6-16(24-2)17(8-11)25-3/h4-9,14,19-20H,10H2,1-3H3/t14-/m1/s1. The van der Waals surface area contributed by atoms with Gasteiger partial charge in [0.2, 0.25) is 10.0 Å². The molecule has 26 heavy (non-hydrogen) atoms. The van der Waals surface area contributed by atoms with Crippen molar-refractivity contribution in [2.24, 2.45) is 0 Å². The number of nitrogens with one attached hydrogen (secondary N) is 1. The van der Waals surface area contributed by atoms with E-state index in [4.69, 9.17) is 14.2 Å². The zero-order valence-corrected chi connectivity index (χ0v) is 15.3. The van der Waals surface area contributed by atoms with E-state index in [2.05, 4.69) is 4.72 Å². The normalized spacial score (nSPS) is 12.5. The summed E-state index contributed by atoms with van der Waals surface area (Å²) in [5.41, 5.74) is 0.436. The summed E-state index contributed by atoms with van der Waals surface area (Å²) in [6.07, 6.45) is -1.13. The molecule has 0 spiro atoms. The molecule has 0 aliphatic carbocycles. The summed E-state index contributed by atoms with van der Waals surface area (Å²) in [5.74, 6) is 0.0343. The first kappa shape index (κ1) is 20.0. The van der Waals surface area contributed by atoms with E-state index in [9.17, 15) is 17.9 Å². The molecule has 9 heteroatoms. The molecule has 0 fully saturated rings. The van der Waals surface area contributed by atoms with Crippen molar-refractivity contribution >= 4 is 10.0 Å². The lowest BCUT2D eigenvalue weighted by Crippen LogP contribution is -2.28. The van der Waals surface area contributed by atoms with Crippen molar-refractivity contribution in [3.8, 4) is 17.2 Å². The molecule has 0 heterocycles. The second-order valence-electron chi connectivity index (χ2n) is 5.28. The summed E-state index contributed by atoms with van der Waals surface area (Å²) < 4.78 is 55.5. The van der Waals surface area contributed by atoms with Gasteiger partial charge < -0.3 is 19.3 Å². The van der Waals surface area contributed by atoms with Crippen LogP contribution in [0.15, 0.2) is 41.3 Å². The Kier molecular flexibility index (Phi) is 6.41. The van der Waals surface area contributed by atoms with Crippen molar-refractivity contribution in [3.63, 3.8) is 0 Å². The maximum Gasteiger partial charge on any atom is 0.240 e. The number of aliphatic hydroxyl groups is 1. The average molecular weight is 385 g/mol. The van der Waals surface area contributed by atoms with Gasteiger partial charge in [0.25, 0.3) is 0 Å². The van der Waals surface area contributed by atoms with E-state index in [0.717, 1.165) is 6.07 Å². The molecule has 1 atom stereocenters. The first-order chi connectivity index (χ1) is 12.3. The molecule has 0 aromatic heterocycles. The molecule has 142 valence electrons. The van der Waals surface area contributed by atoms with E-state index in [1.165, 1.54) is 33.5 Å². The molecule has 0 unspecified atom stereocenters. The van der Waals surface area contributed by atoms with Crippen LogP contribution in [0.2, 0.25) is 0 Å². The highest BCUT2D eigenvalue weighted by molar-refractivity contribution is 7.89. The van der Waals surface area contributed by atoms with Crippen LogP contribution in [0.4, 0.5) is 4.39 Å². The maximum atomic E-state index is 13.7. The molecule has 0 saturated heterocycles. The van der Waals surface area contributed by atoms with Crippen LogP contribution in [0, 0.1) is 5.82 Å². The number of rotatable bonds is 8.